The highest BCUT2D eigenvalue weighted by molar-refractivity contribution is 7.10. The summed E-state index contributed by atoms with van der Waals surface area (Å²) in [7, 11) is 0. The number of carbonyl (C=O) groups excluding carboxylic acids is 1. The van der Waals surface area contributed by atoms with Crippen LogP contribution in [0.2, 0.25) is 0 Å². The van der Waals surface area contributed by atoms with E-state index in [1.165, 1.54) is 22.5 Å². The van der Waals surface area contributed by atoms with Crippen LogP contribution in [0.25, 0.3) is 0 Å². The molecule has 0 atom stereocenters. The molecule has 0 saturated carbocycles. The summed E-state index contributed by atoms with van der Waals surface area (Å²) in [5.41, 5.74) is 0.293. The molecule has 130 valence electrons. The number of carbonyl (C=O) groups is 1. The van der Waals surface area contributed by atoms with E-state index in [4.69, 9.17) is 0 Å². The smallest absolute Gasteiger partial charge is 0.339 e. The number of halogens is 3. The molecule has 24 heavy (non-hydrogen) atoms. The number of piperazine rings is 1. The van der Waals surface area contributed by atoms with Crippen LogP contribution in [-0.4, -0.2) is 62.1 Å². The van der Waals surface area contributed by atoms with E-state index in [0.29, 0.717) is 43.1 Å². The maximum absolute atomic E-state index is 12.9. The van der Waals surface area contributed by atoms with Gasteiger partial charge in [-0.25, -0.2) is 4.68 Å². The third-order valence-corrected chi connectivity index (χ3v) is 4.81. The van der Waals surface area contributed by atoms with Crippen molar-refractivity contribution in [1.82, 2.24) is 30.0 Å². The lowest BCUT2D eigenvalue weighted by atomic mass is 10.2. The molecule has 1 aliphatic heterocycles. The number of aromatic nitrogens is 4. The van der Waals surface area contributed by atoms with E-state index in [-0.39, 0.29) is 19.0 Å². The zero-order valence-electron chi connectivity index (χ0n) is 12.6. The fourth-order valence-electron chi connectivity index (χ4n) is 2.60. The Morgan fingerprint density at radius 1 is 1.25 bits per heavy atom. The van der Waals surface area contributed by atoms with Gasteiger partial charge in [-0.1, -0.05) is 0 Å². The Balaban J connectivity index is 1.52. The highest BCUT2D eigenvalue weighted by Crippen LogP contribution is 2.36. The first-order valence-electron chi connectivity index (χ1n) is 7.28. The average Bonchev–Trinajstić information content (AvgIpc) is 3.19. The van der Waals surface area contributed by atoms with E-state index in [1.807, 2.05) is 4.90 Å². The predicted octanol–water partition coefficient (Wildman–Crippen LogP) is 1.10. The zero-order valence-corrected chi connectivity index (χ0v) is 13.4. The monoisotopic (exact) mass is 360 g/mol. The van der Waals surface area contributed by atoms with Gasteiger partial charge in [-0.05, 0) is 27.4 Å². The molecule has 11 heteroatoms. The highest BCUT2D eigenvalue weighted by atomic mass is 32.1. The molecular formula is C13H15F3N6OS. The third kappa shape index (κ3) is 3.90. The second-order valence-electron chi connectivity index (χ2n) is 5.44. The van der Waals surface area contributed by atoms with E-state index < -0.39 is 11.1 Å². The van der Waals surface area contributed by atoms with Crippen molar-refractivity contribution in [3.05, 3.63) is 28.2 Å². The van der Waals surface area contributed by atoms with Crippen molar-refractivity contribution in [1.29, 1.82) is 0 Å². The summed E-state index contributed by atoms with van der Waals surface area (Å²) < 4.78 is 40.1. The first-order chi connectivity index (χ1) is 11.4. The molecule has 0 aliphatic carbocycles. The first kappa shape index (κ1) is 16.8. The lowest BCUT2D eigenvalue weighted by Crippen LogP contribution is -2.49. The molecule has 2 aromatic rings. The maximum atomic E-state index is 12.9. The Kier molecular flexibility index (Phi) is 4.81. The molecule has 3 rings (SSSR count). The minimum absolute atomic E-state index is 0.0652. The second kappa shape index (κ2) is 6.85. The molecule has 1 saturated heterocycles. The van der Waals surface area contributed by atoms with E-state index >= 15 is 0 Å². The van der Waals surface area contributed by atoms with Crippen LogP contribution in [0.3, 0.4) is 0 Å². The molecular weight excluding hydrogens is 345 g/mol. The number of thiophene rings is 1. The van der Waals surface area contributed by atoms with Crippen LogP contribution >= 0.6 is 11.3 Å². The topological polar surface area (TPSA) is 67.2 Å². The van der Waals surface area contributed by atoms with Crippen molar-refractivity contribution >= 4 is 17.2 Å². The minimum atomic E-state index is -4.31. The molecule has 2 aromatic heterocycles. The summed E-state index contributed by atoms with van der Waals surface area (Å²) in [6.07, 6.45) is -2.95. The van der Waals surface area contributed by atoms with E-state index in [1.54, 1.807) is 4.90 Å². The molecule has 0 spiro atoms. The van der Waals surface area contributed by atoms with E-state index in [0.717, 1.165) is 0 Å². The molecule has 0 aromatic carbocycles. The number of hydrogen-bond acceptors (Lipinski definition) is 6. The van der Waals surface area contributed by atoms with Crippen LogP contribution in [-0.2, 0) is 24.1 Å². The predicted molar refractivity (Wildman–Crippen MR) is 79.0 cm³/mol. The van der Waals surface area contributed by atoms with E-state index in [2.05, 4.69) is 15.5 Å². The van der Waals surface area contributed by atoms with Crippen LogP contribution in [0.15, 0.2) is 17.8 Å². The van der Waals surface area contributed by atoms with Gasteiger partial charge in [0.25, 0.3) is 0 Å². The molecule has 1 aliphatic rings. The Hall–Kier alpha value is -2.01. The zero-order chi connectivity index (χ0) is 17.2. The molecule has 0 N–H and O–H groups in total. The molecule has 1 amide bonds. The lowest BCUT2D eigenvalue weighted by Gasteiger charge is -2.34. The van der Waals surface area contributed by atoms with Crippen LogP contribution in [0.1, 0.15) is 10.4 Å². The molecule has 1 fully saturated rings. The largest absolute Gasteiger partial charge is 0.425 e. The summed E-state index contributed by atoms with van der Waals surface area (Å²) in [6, 6.07) is 1.52. The quantitative estimate of drug-likeness (QED) is 0.817. The van der Waals surface area contributed by atoms with Gasteiger partial charge >= 0.3 is 6.18 Å². The number of hydrogen-bond donors (Lipinski definition) is 0. The van der Waals surface area contributed by atoms with Crippen molar-refractivity contribution in [3.63, 3.8) is 0 Å². The third-order valence-electron chi connectivity index (χ3n) is 3.81. The Morgan fingerprint density at radius 3 is 2.62 bits per heavy atom. The van der Waals surface area contributed by atoms with Gasteiger partial charge in [-0.15, -0.1) is 16.4 Å². The van der Waals surface area contributed by atoms with Gasteiger partial charge in [-0.2, -0.15) is 13.2 Å². The SMILES string of the molecule is O=C(Cn1cnnn1)N1CCN(Cc2ccsc2C(F)(F)F)CC1. The van der Waals surface area contributed by atoms with Crippen molar-refractivity contribution in [2.75, 3.05) is 26.2 Å². The molecule has 3 heterocycles. The van der Waals surface area contributed by atoms with Gasteiger partial charge in [0, 0.05) is 32.7 Å². The molecule has 0 unspecified atom stereocenters. The number of nitrogens with zero attached hydrogens (tertiary/aromatic N) is 6. The average molecular weight is 360 g/mol. The normalized spacial score (nSPS) is 16.5. The fourth-order valence-corrected chi connectivity index (χ4v) is 3.38. The summed E-state index contributed by atoms with van der Waals surface area (Å²) in [5, 5.41) is 12.0. The first-order valence-corrected chi connectivity index (χ1v) is 8.16. The lowest BCUT2D eigenvalue weighted by molar-refractivity contribution is -0.135. The van der Waals surface area contributed by atoms with Gasteiger partial charge in [0.15, 0.2) is 0 Å². The minimum Gasteiger partial charge on any atom is -0.339 e. The second-order valence-corrected chi connectivity index (χ2v) is 6.35. The van der Waals surface area contributed by atoms with Crippen molar-refractivity contribution < 1.29 is 18.0 Å². The number of alkyl halides is 3. The molecule has 7 nitrogen and oxygen atoms in total. The standard InChI is InChI=1S/C13H15F3N6OS/c14-13(15,16)12-10(1-6-24-12)7-20-2-4-21(5-3-20)11(23)8-22-9-17-18-19-22/h1,6,9H,2-5,7-8H2. The van der Waals surface area contributed by atoms with Gasteiger partial charge in [0.1, 0.15) is 17.7 Å². The van der Waals surface area contributed by atoms with Gasteiger partial charge in [-0.3, -0.25) is 9.69 Å². The van der Waals surface area contributed by atoms with Crippen LogP contribution in [0.4, 0.5) is 13.2 Å². The highest BCUT2D eigenvalue weighted by Gasteiger charge is 2.35. The number of tetrazole rings is 1. The van der Waals surface area contributed by atoms with E-state index in [9.17, 15) is 18.0 Å². The Bertz CT molecular complexity index is 678. The van der Waals surface area contributed by atoms with Crippen LogP contribution < -0.4 is 0 Å². The molecule has 0 bridgehead atoms. The Morgan fingerprint density at radius 2 is 2.00 bits per heavy atom. The van der Waals surface area contributed by atoms with Crippen molar-refractivity contribution in [3.8, 4) is 0 Å². The summed E-state index contributed by atoms with van der Waals surface area (Å²) >= 11 is 0.715. The summed E-state index contributed by atoms with van der Waals surface area (Å²) in [6.45, 7) is 2.34. The maximum Gasteiger partial charge on any atom is 0.425 e. The van der Waals surface area contributed by atoms with Crippen molar-refractivity contribution in [2.45, 2.75) is 19.3 Å². The van der Waals surface area contributed by atoms with Crippen LogP contribution in [0, 0.1) is 0 Å². The number of rotatable bonds is 4. The van der Waals surface area contributed by atoms with Gasteiger partial charge in [0.2, 0.25) is 5.91 Å². The van der Waals surface area contributed by atoms with Crippen LogP contribution in [0.5, 0.6) is 0 Å². The number of amides is 1. The van der Waals surface area contributed by atoms with Crippen molar-refractivity contribution in [2.24, 2.45) is 0 Å². The van der Waals surface area contributed by atoms with Gasteiger partial charge < -0.3 is 4.90 Å². The van der Waals surface area contributed by atoms with Gasteiger partial charge in [0.05, 0.1) is 0 Å². The molecule has 0 radical (unpaired) electrons. The fraction of sp³-hybridized carbons (Fsp3) is 0.538. The Labute approximate surface area is 139 Å². The summed E-state index contributed by atoms with van der Waals surface area (Å²) in [5.74, 6) is -0.103. The summed E-state index contributed by atoms with van der Waals surface area (Å²) in [4.78, 5) is 15.2.